The Bertz CT molecular complexity index is 932. The van der Waals surface area contributed by atoms with Crippen LogP contribution in [0.25, 0.3) is 0 Å². The minimum absolute atomic E-state index is 0.0291. The third-order valence-electron chi connectivity index (χ3n) is 4.03. The number of nitrogens with zero attached hydrogens (tertiary/aromatic N) is 1. The van der Waals surface area contributed by atoms with Gasteiger partial charge in [-0.05, 0) is 29.8 Å². The minimum atomic E-state index is -0.356. The zero-order valence-electron chi connectivity index (χ0n) is 14.2. The monoisotopic (exact) mass is 352 g/mol. The maximum absolute atomic E-state index is 13.0. The number of rotatable bonds is 7. The fourth-order valence-electron chi connectivity index (χ4n) is 2.71. The number of aromatic nitrogens is 2. The molecule has 0 unspecified atom stereocenters. The summed E-state index contributed by atoms with van der Waals surface area (Å²) in [7, 11) is 1.50. The van der Waals surface area contributed by atoms with Crippen LogP contribution in [0.5, 0.6) is 5.75 Å². The number of ketones is 2. The predicted molar refractivity (Wildman–Crippen MR) is 94.1 cm³/mol. The third-order valence-corrected chi connectivity index (χ3v) is 4.03. The summed E-state index contributed by atoms with van der Waals surface area (Å²) in [5.74, 6) is -0.248. The molecule has 1 N–H and O–H groups in total. The number of carbonyl (C=O) groups is 2. The van der Waals surface area contributed by atoms with E-state index in [1.807, 2.05) is 0 Å². The highest BCUT2D eigenvalue weighted by Gasteiger charge is 2.19. The standard InChI is InChI=1S/C20H17FN2O3/c1-26-19-5-3-2-4-16(19)17(24)11-14-12-22-23-20(14)18(25)10-13-6-8-15(21)9-7-13/h2-9,12H,10-11H2,1H3,(H,22,23). The van der Waals surface area contributed by atoms with Crippen molar-refractivity contribution in [1.29, 1.82) is 0 Å². The molecule has 0 aliphatic rings. The first-order valence-electron chi connectivity index (χ1n) is 8.04. The predicted octanol–water partition coefficient (Wildman–Crippen LogP) is 3.41. The fraction of sp³-hybridized carbons (Fsp3) is 0.150. The van der Waals surface area contributed by atoms with Crippen LogP contribution in [0.2, 0.25) is 0 Å². The summed E-state index contributed by atoms with van der Waals surface area (Å²) in [6, 6.07) is 12.7. The summed E-state index contributed by atoms with van der Waals surface area (Å²) in [4.78, 5) is 25.1. The summed E-state index contributed by atoms with van der Waals surface area (Å²) < 4.78 is 18.2. The molecule has 0 fully saturated rings. The molecule has 1 aromatic heterocycles. The largest absolute Gasteiger partial charge is 0.496 e. The van der Waals surface area contributed by atoms with E-state index in [1.165, 1.54) is 25.4 Å². The van der Waals surface area contributed by atoms with Gasteiger partial charge in [-0.1, -0.05) is 24.3 Å². The van der Waals surface area contributed by atoms with Crippen molar-refractivity contribution in [3.8, 4) is 5.75 Å². The highest BCUT2D eigenvalue weighted by atomic mass is 19.1. The molecule has 0 aliphatic carbocycles. The van der Waals surface area contributed by atoms with E-state index in [2.05, 4.69) is 10.2 Å². The summed E-state index contributed by atoms with van der Waals surface area (Å²) in [5, 5.41) is 6.56. The number of carbonyl (C=O) groups excluding carboxylic acids is 2. The number of aromatic amines is 1. The molecule has 26 heavy (non-hydrogen) atoms. The van der Waals surface area contributed by atoms with Crippen molar-refractivity contribution < 1.29 is 18.7 Å². The van der Waals surface area contributed by atoms with Crippen molar-refractivity contribution in [2.24, 2.45) is 0 Å². The third kappa shape index (κ3) is 3.85. The first-order chi connectivity index (χ1) is 12.6. The van der Waals surface area contributed by atoms with Crippen molar-refractivity contribution >= 4 is 11.6 Å². The Balaban J connectivity index is 1.76. The van der Waals surface area contributed by atoms with Crippen molar-refractivity contribution in [2.75, 3.05) is 7.11 Å². The van der Waals surface area contributed by atoms with Crippen LogP contribution in [0.1, 0.15) is 32.0 Å². The molecule has 1 heterocycles. The van der Waals surface area contributed by atoms with Crippen LogP contribution in [-0.4, -0.2) is 28.9 Å². The lowest BCUT2D eigenvalue weighted by molar-refractivity contribution is 0.0985. The number of hydrogen-bond donors (Lipinski definition) is 1. The maximum Gasteiger partial charge on any atom is 0.185 e. The molecule has 3 aromatic rings. The second kappa shape index (κ2) is 7.74. The van der Waals surface area contributed by atoms with Gasteiger partial charge in [0.05, 0.1) is 18.9 Å². The van der Waals surface area contributed by atoms with Gasteiger partial charge in [-0.25, -0.2) is 4.39 Å². The molecule has 0 saturated heterocycles. The summed E-state index contributed by atoms with van der Waals surface area (Å²) in [6.07, 6.45) is 1.60. The van der Waals surface area contributed by atoms with E-state index in [9.17, 15) is 14.0 Å². The van der Waals surface area contributed by atoms with Crippen molar-refractivity contribution in [3.63, 3.8) is 0 Å². The smallest absolute Gasteiger partial charge is 0.185 e. The molecule has 0 aliphatic heterocycles. The average Bonchev–Trinajstić information content (AvgIpc) is 3.11. The number of halogens is 1. The van der Waals surface area contributed by atoms with Crippen molar-refractivity contribution in [1.82, 2.24) is 10.2 Å². The highest BCUT2D eigenvalue weighted by molar-refractivity contribution is 6.03. The van der Waals surface area contributed by atoms with Crippen molar-refractivity contribution in [2.45, 2.75) is 12.8 Å². The van der Waals surface area contributed by atoms with Gasteiger partial charge in [0.25, 0.3) is 0 Å². The lowest BCUT2D eigenvalue weighted by Crippen LogP contribution is -2.11. The van der Waals surface area contributed by atoms with Gasteiger partial charge in [0.15, 0.2) is 11.6 Å². The van der Waals surface area contributed by atoms with Gasteiger partial charge in [0, 0.05) is 18.4 Å². The second-order valence-corrected chi connectivity index (χ2v) is 5.80. The zero-order valence-corrected chi connectivity index (χ0v) is 14.2. The first-order valence-corrected chi connectivity index (χ1v) is 8.04. The Labute approximate surface area is 149 Å². The molecule has 0 amide bonds. The highest BCUT2D eigenvalue weighted by Crippen LogP contribution is 2.20. The Morgan fingerprint density at radius 3 is 2.50 bits per heavy atom. The number of nitrogens with one attached hydrogen (secondary N) is 1. The number of benzene rings is 2. The Kier molecular flexibility index (Phi) is 5.22. The molecule has 132 valence electrons. The van der Waals surface area contributed by atoms with Gasteiger partial charge in [-0.3, -0.25) is 14.7 Å². The summed E-state index contributed by atoms with van der Waals surface area (Å²) in [6.45, 7) is 0. The number of ether oxygens (including phenoxy) is 1. The topological polar surface area (TPSA) is 72.0 Å². The molecule has 3 rings (SSSR count). The Morgan fingerprint density at radius 1 is 1.04 bits per heavy atom. The second-order valence-electron chi connectivity index (χ2n) is 5.80. The first kappa shape index (κ1) is 17.5. The van der Waals surface area contributed by atoms with Crippen LogP contribution in [-0.2, 0) is 12.8 Å². The molecule has 0 atom stereocenters. The van der Waals surface area contributed by atoms with E-state index in [1.54, 1.807) is 36.4 Å². The van der Waals surface area contributed by atoms with Gasteiger partial charge in [0.1, 0.15) is 17.3 Å². The number of Topliss-reactive ketones (excluding diaryl/α,β-unsaturated/α-hetero) is 2. The molecule has 0 saturated carbocycles. The van der Waals surface area contributed by atoms with Gasteiger partial charge < -0.3 is 4.74 Å². The normalized spacial score (nSPS) is 10.5. The van der Waals surface area contributed by atoms with Crippen LogP contribution < -0.4 is 4.74 Å². The molecular weight excluding hydrogens is 335 g/mol. The van der Waals surface area contributed by atoms with Gasteiger partial charge in [0.2, 0.25) is 0 Å². The van der Waals surface area contributed by atoms with Crippen LogP contribution in [0, 0.1) is 5.82 Å². The minimum Gasteiger partial charge on any atom is -0.496 e. The molecule has 5 nitrogen and oxygen atoms in total. The van der Waals surface area contributed by atoms with Crippen LogP contribution >= 0.6 is 0 Å². The molecular formula is C20H17FN2O3. The SMILES string of the molecule is COc1ccccc1C(=O)Cc1cn[nH]c1C(=O)Cc1ccc(F)cc1. The Morgan fingerprint density at radius 2 is 1.77 bits per heavy atom. The van der Waals surface area contributed by atoms with Gasteiger partial charge >= 0.3 is 0 Å². The van der Waals surface area contributed by atoms with E-state index in [-0.39, 0.29) is 35.9 Å². The lowest BCUT2D eigenvalue weighted by atomic mass is 9.99. The number of para-hydroxylation sites is 1. The van der Waals surface area contributed by atoms with Crippen LogP contribution in [0.3, 0.4) is 0 Å². The molecule has 0 bridgehead atoms. The Hall–Kier alpha value is -3.28. The van der Waals surface area contributed by atoms with Gasteiger partial charge in [-0.2, -0.15) is 5.10 Å². The van der Waals surface area contributed by atoms with E-state index in [0.717, 1.165) is 0 Å². The number of hydrogen-bond acceptors (Lipinski definition) is 4. The molecule has 0 spiro atoms. The fourth-order valence-corrected chi connectivity index (χ4v) is 2.71. The lowest BCUT2D eigenvalue weighted by Gasteiger charge is -2.07. The van der Waals surface area contributed by atoms with Crippen LogP contribution in [0.15, 0.2) is 54.7 Å². The maximum atomic E-state index is 13.0. The number of methoxy groups -OCH3 is 1. The van der Waals surface area contributed by atoms with Crippen LogP contribution in [0.4, 0.5) is 4.39 Å². The van der Waals surface area contributed by atoms with E-state index in [0.29, 0.717) is 22.4 Å². The van der Waals surface area contributed by atoms with Crippen molar-refractivity contribution in [3.05, 3.63) is 82.9 Å². The number of H-pyrrole nitrogens is 1. The van der Waals surface area contributed by atoms with E-state index >= 15 is 0 Å². The van der Waals surface area contributed by atoms with E-state index < -0.39 is 0 Å². The zero-order chi connectivity index (χ0) is 18.5. The average molecular weight is 352 g/mol. The van der Waals surface area contributed by atoms with Gasteiger partial charge in [-0.15, -0.1) is 0 Å². The molecule has 2 aromatic carbocycles. The quantitative estimate of drug-likeness (QED) is 0.662. The summed E-state index contributed by atoms with van der Waals surface area (Å²) >= 11 is 0. The summed E-state index contributed by atoms with van der Waals surface area (Å²) in [5.41, 5.74) is 1.95. The van der Waals surface area contributed by atoms with E-state index in [4.69, 9.17) is 4.74 Å². The molecule has 0 radical (unpaired) electrons. The molecule has 6 heteroatoms.